The molecular weight excluding hydrogens is 518 g/mol. The van der Waals surface area contributed by atoms with Crippen molar-refractivity contribution in [3.05, 3.63) is 77.1 Å². The topological polar surface area (TPSA) is 127 Å². The lowest BCUT2D eigenvalue weighted by Crippen LogP contribution is -2.35. The molecule has 0 bridgehead atoms. The Hall–Kier alpha value is -4.09. The first-order valence-electron chi connectivity index (χ1n) is 11.0. The van der Waals surface area contributed by atoms with Gasteiger partial charge in [-0.15, -0.1) is 0 Å². The maximum absolute atomic E-state index is 12.9. The van der Waals surface area contributed by atoms with Crippen LogP contribution in [-0.4, -0.2) is 38.7 Å². The van der Waals surface area contributed by atoms with Crippen LogP contribution in [0.15, 0.2) is 70.4 Å². The average Bonchev–Trinajstić information content (AvgIpc) is 3.38. The van der Waals surface area contributed by atoms with Gasteiger partial charge >= 0.3 is 6.03 Å². The van der Waals surface area contributed by atoms with Crippen molar-refractivity contribution in [2.45, 2.75) is 18.7 Å². The van der Waals surface area contributed by atoms with Gasteiger partial charge in [0.05, 0.1) is 17.8 Å². The number of ether oxygens (including phenoxy) is 1. The van der Waals surface area contributed by atoms with Crippen LogP contribution in [0.25, 0.3) is 11.1 Å². The Labute approximate surface area is 219 Å². The zero-order valence-electron chi connectivity index (χ0n) is 20.4. The Bertz CT molecular complexity index is 1540. The molecule has 2 aromatic heterocycles. The molecule has 12 heteroatoms. The molecule has 2 amide bonds. The van der Waals surface area contributed by atoms with Gasteiger partial charge in [-0.1, -0.05) is 35.0 Å². The largest absolute Gasteiger partial charge is 0.495 e. The van der Waals surface area contributed by atoms with Gasteiger partial charge < -0.3 is 14.6 Å². The van der Waals surface area contributed by atoms with E-state index in [4.69, 9.17) is 16.3 Å². The van der Waals surface area contributed by atoms with Gasteiger partial charge in [-0.3, -0.25) is 4.72 Å². The number of pyridine rings is 1. The highest BCUT2D eigenvalue weighted by molar-refractivity contribution is 7.92. The number of hydrogen-bond acceptors (Lipinski definition) is 7. The van der Waals surface area contributed by atoms with Crippen LogP contribution in [0.2, 0.25) is 5.02 Å². The number of methoxy groups -OCH3 is 1. The second kappa shape index (κ2) is 10.5. The molecule has 0 radical (unpaired) electrons. The number of aromatic nitrogens is 2. The van der Waals surface area contributed by atoms with Gasteiger partial charge in [0, 0.05) is 24.9 Å². The predicted octanol–water partition coefficient (Wildman–Crippen LogP) is 5.29. The van der Waals surface area contributed by atoms with Crippen LogP contribution in [0.1, 0.15) is 11.1 Å². The number of carbonyl (C=O) groups excluding carboxylic acids is 1. The molecule has 0 aliphatic rings. The van der Waals surface area contributed by atoms with Crippen molar-refractivity contribution >= 4 is 45.0 Å². The number of aryl methyl sites for hydroxylation is 2. The third-order valence-electron chi connectivity index (χ3n) is 5.68. The number of urea groups is 1. The fraction of sp³-hybridized carbons (Fsp3) is 0.160. The summed E-state index contributed by atoms with van der Waals surface area (Å²) in [5.74, 6) is 0.541. The molecule has 192 valence electrons. The number of rotatable bonds is 7. The van der Waals surface area contributed by atoms with Crippen LogP contribution in [0.5, 0.6) is 5.75 Å². The number of anilines is 3. The maximum atomic E-state index is 12.9. The van der Waals surface area contributed by atoms with Gasteiger partial charge in [-0.05, 0) is 54.8 Å². The quantitative estimate of drug-likeness (QED) is 0.325. The molecule has 4 aromatic rings. The normalized spacial score (nSPS) is 11.2. The van der Waals surface area contributed by atoms with Gasteiger partial charge in [0.15, 0.2) is 5.82 Å². The molecular formula is C25H24ClN5O5S. The predicted molar refractivity (Wildman–Crippen MR) is 141 cm³/mol. The van der Waals surface area contributed by atoms with Gasteiger partial charge in [0.1, 0.15) is 22.7 Å². The molecule has 0 atom stereocenters. The first-order chi connectivity index (χ1) is 17.6. The number of carbonyl (C=O) groups is 1. The van der Waals surface area contributed by atoms with Gasteiger partial charge in [-0.25, -0.2) is 23.1 Å². The molecule has 2 N–H and O–H groups in total. The summed E-state index contributed by atoms with van der Waals surface area (Å²) >= 11 is 6.68. The van der Waals surface area contributed by atoms with Crippen LogP contribution in [0.3, 0.4) is 0 Å². The van der Waals surface area contributed by atoms with Crippen molar-refractivity contribution in [2.75, 3.05) is 23.8 Å². The van der Waals surface area contributed by atoms with E-state index in [-0.39, 0.29) is 16.5 Å². The number of sulfonamides is 1. The summed E-state index contributed by atoms with van der Waals surface area (Å²) in [5, 5.41) is 6.50. The third-order valence-corrected chi connectivity index (χ3v) is 7.33. The van der Waals surface area contributed by atoms with Crippen LogP contribution >= 0.6 is 11.6 Å². The summed E-state index contributed by atoms with van der Waals surface area (Å²) in [4.78, 5) is 18.3. The van der Waals surface area contributed by atoms with Crippen LogP contribution in [0, 0.1) is 13.8 Å². The lowest BCUT2D eigenvalue weighted by Gasteiger charge is -2.24. The lowest BCUT2D eigenvalue weighted by atomic mass is 9.99. The molecule has 0 aliphatic carbocycles. The van der Waals surface area contributed by atoms with Crippen LogP contribution < -0.4 is 19.7 Å². The van der Waals surface area contributed by atoms with E-state index in [1.165, 1.54) is 43.5 Å². The molecule has 10 nitrogen and oxygen atoms in total. The summed E-state index contributed by atoms with van der Waals surface area (Å²) in [6.07, 6.45) is 2.37. The van der Waals surface area contributed by atoms with Crippen molar-refractivity contribution in [1.29, 1.82) is 0 Å². The van der Waals surface area contributed by atoms with E-state index in [2.05, 4.69) is 24.7 Å². The number of hydrogen-bond donors (Lipinski definition) is 2. The Morgan fingerprint density at radius 1 is 1.08 bits per heavy atom. The number of nitrogens with one attached hydrogen (secondary N) is 2. The van der Waals surface area contributed by atoms with E-state index in [0.717, 1.165) is 28.5 Å². The molecule has 0 saturated carbocycles. The third kappa shape index (κ3) is 5.37. The summed E-state index contributed by atoms with van der Waals surface area (Å²) in [6.45, 7) is 4.04. The van der Waals surface area contributed by atoms with Crippen LogP contribution in [-0.2, 0) is 10.0 Å². The minimum Gasteiger partial charge on any atom is -0.495 e. The number of amides is 2. The summed E-state index contributed by atoms with van der Waals surface area (Å²) in [5.41, 5.74) is 4.22. The van der Waals surface area contributed by atoms with Gasteiger partial charge in [-0.2, -0.15) is 0 Å². The fourth-order valence-corrected chi connectivity index (χ4v) is 4.79. The average molecular weight is 542 g/mol. The molecule has 0 fully saturated rings. The molecule has 0 spiro atoms. The number of nitrogens with zero attached hydrogens (tertiary/aromatic N) is 3. The lowest BCUT2D eigenvalue weighted by molar-refractivity contribution is 0.250. The fourth-order valence-electron chi connectivity index (χ4n) is 3.59. The van der Waals surface area contributed by atoms with Crippen molar-refractivity contribution < 1.29 is 22.5 Å². The standard InChI is InChI=1S/C25H24ClN5O5S/c1-15-5-6-17(11-16(15)2)19-12-22(35-4)21(13-20(19)26)31(25(32)27-3)24-8-7-18(14-28-24)37(33,34)30-23-9-10-36-29-23/h5-14H,1-4H3,(H,27,32)(H,29,30). The van der Waals surface area contributed by atoms with Crippen molar-refractivity contribution in [3.8, 4) is 16.9 Å². The van der Waals surface area contributed by atoms with Crippen molar-refractivity contribution in [2.24, 2.45) is 0 Å². The second-order valence-corrected chi connectivity index (χ2v) is 10.1. The molecule has 2 aromatic carbocycles. The minimum absolute atomic E-state index is 0.0271. The maximum Gasteiger partial charge on any atom is 0.327 e. The second-order valence-electron chi connectivity index (χ2n) is 8.04. The molecule has 0 unspecified atom stereocenters. The highest BCUT2D eigenvalue weighted by Gasteiger charge is 2.25. The Morgan fingerprint density at radius 2 is 1.86 bits per heavy atom. The van der Waals surface area contributed by atoms with E-state index in [9.17, 15) is 13.2 Å². The highest BCUT2D eigenvalue weighted by atomic mass is 35.5. The number of halogens is 1. The SMILES string of the molecule is CNC(=O)N(c1ccc(S(=O)(=O)Nc2ccon2)cn1)c1cc(Cl)c(-c2ccc(C)c(C)c2)cc1OC. The first kappa shape index (κ1) is 26.0. The van der Waals surface area contributed by atoms with Gasteiger partial charge in [0.2, 0.25) is 0 Å². The zero-order chi connectivity index (χ0) is 26.7. The van der Waals surface area contributed by atoms with E-state index < -0.39 is 16.1 Å². The summed E-state index contributed by atoms with van der Waals surface area (Å²) in [6, 6.07) is 12.9. The van der Waals surface area contributed by atoms with E-state index in [1.54, 1.807) is 12.1 Å². The zero-order valence-corrected chi connectivity index (χ0v) is 22.0. The molecule has 0 aliphatic heterocycles. The van der Waals surface area contributed by atoms with Crippen molar-refractivity contribution in [3.63, 3.8) is 0 Å². The first-order valence-corrected chi connectivity index (χ1v) is 12.9. The monoisotopic (exact) mass is 541 g/mol. The van der Waals surface area contributed by atoms with Crippen LogP contribution in [0.4, 0.5) is 22.1 Å². The molecule has 2 heterocycles. The van der Waals surface area contributed by atoms with Gasteiger partial charge in [0.25, 0.3) is 10.0 Å². The molecule has 4 rings (SSSR count). The molecule has 37 heavy (non-hydrogen) atoms. The Kier molecular flexibility index (Phi) is 7.37. The summed E-state index contributed by atoms with van der Waals surface area (Å²) < 4.78 is 37.8. The smallest absolute Gasteiger partial charge is 0.327 e. The highest BCUT2D eigenvalue weighted by Crippen LogP contribution is 2.41. The molecule has 0 saturated heterocycles. The Balaban J connectivity index is 1.75. The van der Waals surface area contributed by atoms with E-state index in [0.29, 0.717) is 16.5 Å². The van der Waals surface area contributed by atoms with Crippen molar-refractivity contribution in [1.82, 2.24) is 15.5 Å². The Morgan fingerprint density at radius 3 is 2.46 bits per heavy atom. The minimum atomic E-state index is -3.98. The van der Waals surface area contributed by atoms with E-state index in [1.807, 2.05) is 32.0 Å². The summed E-state index contributed by atoms with van der Waals surface area (Å²) in [7, 11) is -1.03. The number of benzene rings is 2. The van der Waals surface area contributed by atoms with E-state index >= 15 is 0 Å².